The molecule has 0 aliphatic heterocycles. The Morgan fingerprint density at radius 2 is 1.70 bits per heavy atom. The average Bonchev–Trinajstić information content (AvgIpc) is 2.65. The van der Waals surface area contributed by atoms with E-state index >= 15 is 0 Å². The molecule has 0 aromatic heterocycles. The third-order valence-electron chi connectivity index (χ3n) is 4.97. The molecular weight excluding hydrogens is 336 g/mol. The Bertz CT molecular complexity index is 765. The minimum Gasteiger partial charge on any atom is -0.481 e. The molecule has 0 aliphatic carbocycles. The predicted octanol–water partition coefficient (Wildman–Crippen LogP) is 4.54. The smallest absolute Gasteiger partial charge is 0.261 e. The molecule has 27 heavy (non-hydrogen) atoms. The fraction of sp³-hybridized carbons (Fsp3) is 0.435. The van der Waals surface area contributed by atoms with Gasteiger partial charge in [-0.2, -0.15) is 0 Å². The molecule has 0 fully saturated rings. The van der Waals surface area contributed by atoms with Crippen molar-refractivity contribution in [2.24, 2.45) is 0 Å². The SMILES string of the molecule is CCN(CC)c1ccc(CNC(=O)[C@H](C)Oc2cc(C)cc(C)c2C)cc1. The highest BCUT2D eigenvalue weighted by atomic mass is 16.5. The number of rotatable bonds is 8. The van der Waals surface area contributed by atoms with Crippen molar-refractivity contribution >= 4 is 11.6 Å². The van der Waals surface area contributed by atoms with Gasteiger partial charge < -0.3 is 15.0 Å². The van der Waals surface area contributed by atoms with Crippen LogP contribution in [0.3, 0.4) is 0 Å². The van der Waals surface area contributed by atoms with Crippen molar-refractivity contribution in [1.29, 1.82) is 0 Å². The van der Waals surface area contributed by atoms with Crippen molar-refractivity contribution in [1.82, 2.24) is 5.32 Å². The molecule has 0 saturated carbocycles. The largest absolute Gasteiger partial charge is 0.481 e. The molecule has 0 unspecified atom stereocenters. The van der Waals surface area contributed by atoms with Crippen molar-refractivity contribution < 1.29 is 9.53 Å². The summed E-state index contributed by atoms with van der Waals surface area (Å²) in [5.41, 5.74) is 5.67. The van der Waals surface area contributed by atoms with Crippen LogP contribution in [-0.2, 0) is 11.3 Å². The van der Waals surface area contributed by atoms with Crippen molar-refractivity contribution in [3.63, 3.8) is 0 Å². The second-order valence-corrected chi connectivity index (χ2v) is 7.02. The summed E-state index contributed by atoms with van der Waals surface area (Å²) in [6.45, 7) is 14.7. The lowest BCUT2D eigenvalue weighted by Gasteiger charge is -2.21. The van der Waals surface area contributed by atoms with E-state index in [1.807, 2.05) is 19.9 Å². The van der Waals surface area contributed by atoms with Crippen LogP contribution in [0.2, 0.25) is 0 Å². The summed E-state index contributed by atoms with van der Waals surface area (Å²) in [6.07, 6.45) is -0.542. The maximum absolute atomic E-state index is 12.4. The molecule has 0 aliphatic rings. The molecule has 0 heterocycles. The number of hydrogen-bond donors (Lipinski definition) is 1. The van der Waals surface area contributed by atoms with Gasteiger partial charge in [-0.15, -0.1) is 0 Å². The van der Waals surface area contributed by atoms with Crippen LogP contribution in [0.1, 0.15) is 43.0 Å². The van der Waals surface area contributed by atoms with Crippen LogP contribution in [0.4, 0.5) is 5.69 Å². The minimum atomic E-state index is -0.542. The van der Waals surface area contributed by atoms with Crippen LogP contribution in [0.5, 0.6) is 5.75 Å². The summed E-state index contributed by atoms with van der Waals surface area (Å²) in [6, 6.07) is 12.4. The first kappa shape index (κ1) is 20.8. The van der Waals surface area contributed by atoms with Gasteiger partial charge in [0.05, 0.1) is 0 Å². The molecule has 2 rings (SSSR count). The molecular formula is C23H32N2O2. The Balaban J connectivity index is 1.93. The number of hydrogen-bond acceptors (Lipinski definition) is 3. The minimum absolute atomic E-state index is 0.110. The zero-order chi connectivity index (χ0) is 20.0. The molecule has 2 aromatic carbocycles. The number of ether oxygens (including phenoxy) is 1. The lowest BCUT2D eigenvalue weighted by atomic mass is 10.1. The summed E-state index contributed by atoms with van der Waals surface area (Å²) >= 11 is 0. The lowest BCUT2D eigenvalue weighted by molar-refractivity contribution is -0.127. The first-order valence-corrected chi connectivity index (χ1v) is 9.71. The Morgan fingerprint density at radius 3 is 2.30 bits per heavy atom. The molecule has 2 aromatic rings. The number of carbonyl (C=O) groups excluding carboxylic acids is 1. The van der Waals surface area contributed by atoms with E-state index in [0.29, 0.717) is 6.54 Å². The third-order valence-corrected chi connectivity index (χ3v) is 4.97. The Morgan fingerprint density at radius 1 is 1.07 bits per heavy atom. The van der Waals surface area contributed by atoms with Crippen LogP contribution in [-0.4, -0.2) is 25.1 Å². The maximum atomic E-state index is 12.4. The second kappa shape index (κ2) is 9.45. The van der Waals surface area contributed by atoms with Gasteiger partial charge in [-0.1, -0.05) is 18.2 Å². The van der Waals surface area contributed by atoms with Crippen LogP contribution < -0.4 is 15.0 Å². The van der Waals surface area contributed by atoms with Crippen molar-refractivity contribution in [2.45, 2.75) is 54.2 Å². The molecule has 1 N–H and O–H groups in total. The van der Waals surface area contributed by atoms with E-state index in [4.69, 9.17) is 4.74 Å². The number of aryl methyl sites for hydroxylation is 2. The molecule has 1 atom stereocenters. The van der Waals surface area contributed by atoms with Crippen LogP contribution in [0.25, 0.3) is 0 Å². The summed E-state index contributed by atoms with van der Waals surface area (Å²) in [5, 5.41) is 2.97. The van der Waals surface area contributed by atoms with E-state index in [1.165, 1.54) is 11.3 Å². The highest BCUT2D eigenvalue weighted by Gasteiger charge is 2.16. The third kappa shape index (κ3) is 5.49. The molecule has 4 nitrogen and oxygen atoms in total. The Hall–Kier alpha value is -2.49. The van der Waals surface area contributed by atoms with Gasteiger partial charge in [0.2, 0.25) is 0 Å². The van der Waals surface area contributed by atoms with Gasteiger partial charge >= 0.3 is 0 Å². The first-order chi connectivity index (χ1) is 12.8. The van der Waals surface area contributed by atoms with Gasteiger partial charge in [0.1, 0.15) is 5.75 Å². The number of anilines is 1. The quantitative estimate of drug-likeness (QED) is 0.744. The number of benzene rings is 2. The van der Waals surface area contributed by atoms with Crippen molar-refractivity contribution in [2.75, 3.05) is 18.0 Å². The second-order valence-electron chi connectivity index (χ2n) is 7.02. The highest BCUT2D eigenvalue weighted by molar-refractivity contribution is 5.80. The molecule has 0 radical (unpaired) electrons. The number of carbonyl (C=O) groups is 1. The summed E-state index contributed by atoms with van der Waals surface area (Å²) in [4.78, 5) is 14.7. The number of nitrogens with one attached hydrogen (secondary N) is 1. The highest BCUT2D eigenvalue weighted by Crippen LogP contribution is 2.24. The van der Waals surface area contributed by atoms with E-state index in [9.17, 15) is 4.79 Å². The van der Waals surface area contributed by atoms with Crippen LogP contribution in [0.15, 0.2) is 36.4 Å². The topological polar surface area (TPSA) is 41.6 Å². The fourth-order valence-electron chi connectivity index (χ4n) is 3.11. The normalized spacial score (nSPS) is 11.8. The van der Waals surface area contributed by atoms with Crippen molar-refractivity contribution in [3.05, 3.63) is 58.7 Å². The molecule has 0 bridgehead atoms. The van der Waals surface area contributed by atoms with Gasteiger partial charge in [0.15, 0.2) is 6.10 Å². The Kier molecular flexibility index (Phi) is 7.28. The number of nitrogens with zero attached hydrogens (tertiary/aromatic N) is 1. The summed E-state index contributed by atoms with van der Waals surface area (Å²) in [7, 11) is 0. The van der Waals surface area contributed by atoms with Gasteiger partial charge in [-0.25, -0.2) is 0 Å². The van der Waals surface area contributed by atoms with Gasteiger partial charge in [-0.05, 0) is 82.0 Å². The zero-order valence-corrected chi connectivity index (χ0v) is 17.4. The standard InChI is InChI=1S/C23H32N2O2/c1-7-25(8-2)21-11-9-20(10-12-21)15-24-23(26)19(6)27-22-14-16(3)13-17(4)18(22)5/h9-14,19H,7-8,15H2,1-6H3,(H,24,26)/t19-/m0/s1. The Labute approximate surface area is 163 Å². The summed E-state index contributed by atoms with van der Waals surface area (Å²) < 4.78 is 5.92. The molecule has 1 amide bonds. The molecule has 0 spiro atoms. The van der Waals surface area contributed by atoms with E-state index in [-0.39, 0.29) is 5.91 Å². The van der Waals surface area contributed by atoms with E-state index < -0.39 is 6.10 Å². The zero-order valence-electron chi connectivity index (χ0n) is 17.4. The molecule has 4 heteroatoms. The van der Waals surface area contributed by atoms with Crippen LogP contribution >= 0.6 is 0 Å². The average molecular weight is 369 g/mol. The predicted molar refractivity (Wildman–Crippen MR) is 113 cm³/mol. The van der Waals surface area contributed by atoms with Gasteiger partial charge in [0, 0.05) is 25.3 Å². The monoisotopic (exact) mass is 368 g/mol. The fourth-order valence-corrected chi connectivity index (χ4v) is 3.11. The van der Waals surface area contributed by atoms with Gasteiger partial charge in [0.25, 0.3) is 5.91 Å². The maximum Gasteiger partial charge on any atom is 0.261 e. The molecule has 146 valence electrons. The van der Waals surface area contributed by atoms with Crippen molar-refractivity contribution in [3.8, 4) is 5.75 Å². The lowest BCUT2D eigenvalue weighted by Crippen LogP contribution is -2.36. The van der Waals surface area contributed by atoms with E-state index in [2.05, 4.69) is 61.3 Å². The van der Waals surface area contributed by atoms with E-state index in [0.717, 1.165) is 35.5 Å². The van der Waals surface area contributed by atoms with E-state index in [1.54, 1.807) is 6.92 Å². The molecule has 0 saturated heterocycles. The van der Waals surface area contributed by atoms with Gasteiger partial charge in [-0.3, -0.25) is 4.79 Å². The number of amides is 1. The summed E-state index contributed by atoms with van der Waals surface area (Å²) in [5.74, 6) is 0.667. The van der Waals surface area contributed by atoms with Crippen LogP contribution in [0, 0.1) is 20.8 Å². The first-order valence-electron chi connectivity index (χ1n) is 9.71.